The molecule has 0 saturated heterocycles. The monoisotopic (exact) mass is 175 g/mol. The Bertz CT molecular complexity index is 110. The topological polar surface area (TPSA) is 68.6 Å². The maximum Gasteiger partial charge on any atom is 1.00 e. The Kier molecular flexibility index (Phi) is 10.3. The third-order valence-electron chi connectivity index (χ3n) is 0.648. The third kappa shape index (κ3) is 4.55. The molecular formula is C3H7ClKN3O. The molecule has 0 bridgehead atoms. The summed E-state index contributed by atoms with van der Waals surface area (Å²) in [5, 5.41) is 10.5. The van der Waals surface area contributed by atoms with Crippen LogP contribution < -0.4 is 51.4 Å². The Hall–Kier alpha value is 1.16. The zero-order valence-electron chi connectivity index (χ0n) is 6.08. The predicted molar refractivity (Wildman–Crippen MR) is 32.6 cm³/mol. The fourth-order valence-corrected chi connectivity index (χ4v) is 0.445. The zero-order chi connectivity index (χ0) is 5.11. The molecule has 48 valence electrons. The van der Waals surface area contributed by atoms with Gasteiger partial charge < -0.3 is 6.90 Å². The minimum atomic E-state index is 0. The second kappa shape index (κ2) is 7.27. The number of hydrogen-bond acceptors (Lipinski definition) is 3. The van der Waals surface area contributed by atoms with Crippen molar-refractivity contribution in [1.82, 2.24) is 0 Å². The van der Waals surface area contributed by atoms with Gasteiger partial charge in [-0.25, -0.2) is 0 Å². The van der Waals surface area contributed by atoms with Crippen molar-refractivity contribution in [1.29, 1.82) is 0 Å². The quantitative estimate of drug-likeness (QED) is 0.308. The minimum Gasteiger partial charge on any atom is -1.00 e. The van der Waals surface area contributed by atoms with E-state index in [0.717, 1.165) is 0 Å². The number of alkyl halides is 1. The largest absolute Gasteiger partial charge is 1.00 e. The molecule has 0 aromatic rings. The van der Waals surface area contributed by atoms with Gasteiger partial charge in [-0.05, 0) is 5.22 Å². The third-order valence-corrected chi connectivity index (χ3v) is 0.965. The Morgan fingerprint density at radius 2 is 2.33 bits per heavy atom. The van der Waals surface area contributed by atoms with E-state index in [1.165, 1.54) is 0 Å². The minimum absolute atomic E-state index is 0. The average Bonchev–Trinajstić information content (AvgIpc) is 2.14. The molecule has 0 saturated carbocycles. The van der Waals surface area contributed by atoms with Crippen molar-refractivity contribution in [2.75, 3.05) is 5.88 Å². The normalized spacial score (nSPS) is 20.8. The summed E-state index contributed by atoms with van der Waals surface area (Å²) in [6, 6.07) is 0.0293. The van der Waals surface area contributed by atoms with Crippen molar-refractivity contribution in [3.05, 3.63) is 0 Å². The van der Waals surface area contributed by atoms with E-state index in [4.69, 9.17) is 11.6 Å². The smallest absolute Gasteiger partial charge is 1.00 e. The van der Waals surface area contributed by atoms with E-state index in [1.807, 2.05) is 0 Å². The number of halogens is 1. The molecule has 0 aliphatic carbocycles. The maximum atomic E-state index is 5.36. The molecule has 2 N–H and O–H groups in total. The van der Waals surface area contributed by atoms with E-state index in [-0.39, 0.29) is 64.3 Å². The summed E-state index contributed by atoms with van der Waals surface area (Å²) in [5.41, 5.74) is 0. The molecule has 0 amide bonds. The van der Waals surface area contributed by atoms with E-state index >= 15 is 0 Å². The second-order valence-corrected chi connectivity index (χ2v) is 1.50. The number of nitrogens with zero attached hydrogens (tertiary/aromatic N) is 3. The van der Waals surface area contributed by atoms with Crippen LogP contribution in [0.15, 0.2) is 15.4 Å². The molecule has 6 heteroatoms. The van der Waals surface area contributed by atoms with Crippen LogP contribution in [-0.4, -0.2) is 23.6 Å². The summed E-state index contributed by atoms with van der Waals surface area (Å²) in [6.45, 7) is 0. The van der Waals surface area contributed by atoms with Crippen LogP contribution in [0.25, 0.3) is 0 Å². The van der Waals surface area contributed by atoms with Gasteiger partial charge in [0.1, 0.15) is 6.04 Å². The molecule has 9 heavy (non-hydrogen) atoms. The summed E-state index contributed by atoms with van der Waals surface area (Å²) in [6.07, 6.45) is 1.62. The molecule has 1 heterocycles. The Morgan fingerprint density at radius 1 is 1.67 bits per heavy atom. The first-order valence-corrected chi connectivity index (χ1v) is 2.46. The fraction of sp³-hybridized carbons (Fsp3) is 0.667. The summed E-state index contributed by atoms with van der Waals surface area (Å²) in [7, 11) is 0. The summed E-state index contributed by atoms with van der Waals surface area (Å²) in [5.74, 6) is 0.479. The first kappa shape index (κ1) is 12.8. The maximum absolute atomic E-state index is 5.36. The molecule has 1 rings (SSSR count). The van der Waals surface area contributed by atoms with E-state index in [1.54, 1.807) is 6.21 Å². The van der Waals surface area contributed by atoms with Gasteiger partial charge in [-0.15, -0.1) is 16.7 Å². The Labute approximate surface area is 102 Å². The SMILES string of the molecule is ClCC1C=NN=N1.O.[H-].[K+]. The van der Waals surface area contributed by atoms with Crippen molar-refractivity contribution in [3.8, 4) is 0 Å². The molecule has 0 spiro atoms. The van der Waals surface area contributed by atoms with Crippen molar-refractivity contribution < 1.29 is 58.3 Å². The molecule has 1 unspecified atom stereocenters. The van der Waals surface area contributed by atoms with Crippen LogP contribution in [0.1, 0.15) is 1.43 Å². The van der Waals surface area contributed by atoms with Crippen LogP contribution >= 0.6 is 11.6 Å². The molecule has 0 radical (unpaired) electrons. The molecule has 1 aliphatic rings. The molecule has 0 fully saturated rings. The van der Waals surface area contributed by atoms with E-state index < -0.39 is 0 Å². The standard InChI is InChI=1S/C3H4ClN3.K.H2O.H/c4-1-3-2-5-7-6-3;;;/h2-3H,1H2;;1H2;/q;+1;;-1. The van der Waals surface area contributed by atoms with Gasteiger partial charge in [0.25, 0.3) is 0 Å². The zero-order valence-corrected chi connectivity index (χ0v) is 8.96. The summed E-state index contributed by atoms with van der Waals surface area (Å²) < 4.78 is 0. The predicted octanol–water partition coefficient (Wildman–Crippen LogP) is -2.66. The van der Waals surface area contributed by atoms with E-state index in [9.17, 15) is 0 Å². The molecule has 0 aromatic heterocycles. The Balaban J connectivity index is -0.000000163. The summed E-state index contributed by atoms with van der Waals surface area (Å²) in [4.78, 5) is 0. The van der Waals surface area contributed by atoms with E-state index in [2.05, 4.69) is 15.4 Å². The van der Waals surface area contributed by atoms with E-state index in [0.29, 0.717) is 5.88 Å². The van der Waals surface area contributed by atoms with Gasteiger partial charge in [0, 0.05) is 0 Å². The number of rotatable bonds is 1. The molecule has 4 nitrogen and oxygen atoms in total. The van der Waals surface area contributed by atoms with Crippen molar-refractivity contribution in [3.63, 3.8) is 0 Å². The van der Waals surface area contributed by atoms with Gasteiger partial charge in [-0.3, -0.25) is 0 Å². The van der Waals surface area contributed by atoms with Gasteiger partial charge in [0.05, 0.1) is 12.1 Å². The van der Waals surface area contributed by atoms with Gasteiger partial charge in [-0.2, -0.15) is 5.11 Å². The first-order chi connectivity index (χ1) is 3.43. The molecule has 1 atom stereocenters. The van der Waals surface area contributed by atoms with Crippen LogP contribution in [0.4, 0.5) is 0 Å². The Morgan fingerprint density at radius 3 is 2.56 bits per heavy atom. The first-order valence-electron chi connectivity index (χ1n) is 1.93. The van der Waals surface area contributed by atoms with Gasteiger partial charge in [-0.1, -0.05) is 0 Å². The van der Waals surface area contributed by atoms with Gasteiger partial charge in [0.15, 0.2) is 0 Å². The van der Waals surface area contributed by atoms with Gasteiger partial charge in [0.2, 0.25) is 0 Å². The van der Waals surface area contributed by atoms with Crippen molar-refractivity contribution in [2.45, 2.75) is 6.04 Å². The fourth-order valence-electron chi connectivity index (χ4n) is 0.303. The van der Waals surface area contributed by atoms with Crippen LogP contribution in [-0.2, 0) is 0 Å². The number of hydrogen-bond donors (Lipinski definition) is 0. The average molecular weight is 176 g/mol. The molecule has 1 aliphatic heterocycles. The van der Waals surface area contributed by atoms with Crippen LogP contribution in [0.3, 0.4) is 0 Å². The van der Waals surface area contributed by atoms with Crippen molar-refractivity contribution in [2.24, 2.45) is 15.4 Å². The van der Waals surface area contributed by atoms with Crippen LogP contribution in [0.2, 0.25) is 0 Å². The molecular weight excluding hydrogens is 169 g/mol. The van der Waals surface area contributed by atoms with Crippen molar-refractivity contribution >= 4 is 17.8 Å². The summed E-state index contributed by atoms with van der Waals surface area (Å²) >= 11 is 5.36. The molecule has 0 aromatic carbocycles. The second-order valence-electron chi connectivity index (χ2n) is 1.19. The van der Waals surface area contributed by atoms with Crippen LogP contribution in [0.5, 0.6) is 0 Å². The van der Waals surface area contributed by atoms with Gasteiger partial charge >= 0.3 is 51.4 Å². The van der Waals surface area contributed by atoms with Crippen LogP contribution in [0, 0.1) is 0 Å².